The van der Waals surface area contributed by atoms with Crippen LogP contribution in [0.2, 0.25) is 0 Å². The van der Waals surface area contributed by atoms with Crippen LogP contribution in [0, 0.1) is 0 Å². The monoisotopic (exact) mass is 333 g/mol. The summed E-state index contributed by atoms with van der Waals surface area (Å²) in [6.45, 7) is 0.617. The summed E-state index contributed by atoms with van der Waals surface area (Å²) in [4.78, 5) is 26.8. The van der Waals surface area contributed by atoms with Gasteiger partial charge in [0.1, 0.15) is 0 Å². The lowest BCUT2D eigenvalue weighted by Crippen LogP contribution is -2.34. The number of carbonyl (C=O) groups excluding carboxylic acids is 1. The van der Waals surface area contributed by atoms with E-state index in [0.29, 0.717) is 23.7 Å². The normalized spacial score (nSPS) is 13.8. The molecule has 1 aliphatic rings. The highest BCUT2D eigenvalue weighted by molar-refractivity contribution is 5.88. The van der Waals surface area contributed by atoms with Crippen LogP contribution < -0.4 is 5.56 Å². The summed E-state index contributed by atoms with van der Waals surface area (Å²) in [5.74, 6) is 0.0519. The first-order valence-electron chi connectivity index (χ1n) is 8.52. The van der Waals surface area contributed by atoms with E-state index in [0.717, 1.165) is 23.8 Å². The minimum Gasteiger partial charge on any atom is -0.335 e. The van der Waals surface area contributed by atoms with Gasteiger partial charge in [0.2, 0.25) is 5.91 Å². The second-order valence-corrected chi connectivity index (χ2v) is 6.46. The van der Waals surface area contributed by atoms with E-state index in [2.05, 4.69) is 10.2 Å². The van der Waals surface area contributed by atoms with Crippen molar-refractivity contribution < 1.29 is 4.79 Å². The zero-order chi connectivity index (χ0) is 17.2. The van der Waals surface area contributed by atoms with E-state index in [-0.39, 0.29) is 17.9 Å². The molecule has 1 fully saturated rings. The van der Waals surface area contributed by atoms with Gasteiger partial charge >= 0.3 is 0 Å². The van der Waals surface area contributed by atoms with Crippen LogP contribution in [0.5, 0.6) is 0 Å². The summed E-state index contributed by atoms with van der Waals surface area (Å²) in [6, 6.07) is 17.6. The third-order valence-electron chi connectivity index (χ3n) is 4.60. The highest BCUT2D eigenvalue weighted by Crippen LogP contribution is 2.29. The van der Waals surface area contributed by atoms with E-state index in [9.17, 15) is 9.59 Å². The Morgan fingerprint density at radius 2 is 1.72 bits per heavy atom. The van der Waals surface area contributed by atoms with Crippen molar-refractivity contribution in [1.29, 1.82) is 0 Å². The number of aromatic amines is 1. The third kappa shape index (κ3) is 3.31. The van der Waals surface area contributed by atoms with Crippen molar-refractivity contribution in [3.63, 3.8) is 0 Å². The maximum absolute atomic E-state index is 12.9. The molecule has 25 heavy (non-hydrogen) atoms. The van der Waals surface area contributed by atoms with Crippen LogP contribution in [-0.4, -0.2) is 27.0 Å². The van der Waals surface area contributed by atoms with Gasteiger partial charge < -0.3 is 4.90 Å². The van der Waals surface area contributed by atoms with Gasteiger partial charge in [0.25, 0.3) is 5.56 Å². The lowest BCUT2D eigenvalue weighted by Gasteiger charge is -2.22. The smallest absolute Gasteiger partial charge is 0.272 e. The van der Waals surface area contributed by atoms with Crippen molar-refractivity contribution in [3.05, 3.63) is 76.2 Å². The van der Waals surface area contributed by atoms with Crippen molar-refractivity contribution >= 4 is 16.7 Å². The van der Waals surface area contributed by atoms with Crippen molar-refractivity contribution in [2.45, 2.75) is 31.8 Å². The number of fused-ring (bicyclic) bond motifs is 1. The van der Waals surface area contributed by atoms with Gasteiger partial charge in [-0.3, -0.25) is 9.59 Å². The van der Waals surface area contributed by atoms with Gasteiger partial charge in [-0.05, 0) is 24.5 Å². The SMILES string of the molecule is O=C(Cc1n[nH]c(=O)c2ccccc12)N(Cc1ccccc1)C1CC1. The summed E-state index contributed by atoms with van der Waals surface area (Å²) < 4.78 is 0. The lowest BCUT2D eigenvalue weighted by atomic mass is 10.1. The Balaban J connectivity index is 1.60. The van der Waals surface area contributed by atoms with Crippen LogP contribution in [0.4, 0.5) is 0 Å². The first-order valence-corrected chi connectivity index (χ1v) is 8.52. The van der Waals surface area contributed by atoms with Crippen LogP contribution in [-0.2, 0) is 17.8 Å². The zero-order valence-electron chi connectivity index (χ0n) is 13.8. The van der Waals surface area contributed by atoms with Crippen LogP contribution in [0.25, 0.3) is 10.8 Å². The Hall–Kier alpha value is -2.95. The molecule has 3 aromatic rings. The highest BCUT2D eigenvalue weighted by atomic mass is 16.2. The molecule has 1 heterocycles. The number of rotatable bonds is 5. The molecule has 0 unspecified atom stereocenters. The molecule has 1 aliphatic carbocycles. The highest BCUT2D eigenvalue weighted by Gasteiger charge is 2.32. The maximum atomic E-state index is 12.9. The topological polar surface area (TPSA) is 66.1 Å². The molecule has 5 heteroatoms. The lowest BCUT2D eigenvalue weighted by molar-refractivity contribution is -0.131. The number of carbonyl (C=O) groups is 1. The predicted octanol–water partition coefficient (Wildman–Crippen LogP) is 2.66. The fraction of sp³-hybridized carbons (Fsp3) is 0.250. The Morgan fingerprint density at radius 1 is 1.04 bits per heavy atom. The molecule has 0 atom stereocenters. The summed E-state index contributed by atoms with van der Waals surface area (Å²) in [5.41, 5.74) is 1.52. The van der Waals surface area contributed by atoms with E-state index < -0.39 is 0 Å². The molecule has 0 saturated heterocycles. The fourth-order valence-electron chi connectivity index (χ4n) is 3.14. The van der Waals surface area contributed by atoms with E-state index in [1.807, 2.05) is 53.4 Å². The summed E-state index contributed by atoms with van der Waals surface area (Å²) in [5, 5.41) is 7.95. The molecule has 0 bridgehead atoms. The minimum absolute atomic E-state index is 0.0519. The van der Waals surface area contributed by atoms with E-state index in [1.165, 1.54) is 0 Å². The van der Waals surface area contributed by atoms with Crippen molar-refractivity contribution in [2.24, 2.45) is 0 Å². The molecule has 0 radical (unpaired) electrons. The molecule has 0 spiro atoms. The van der Waals surface area contributed by atoms with Crippen LogP contribution in [0.1, 0.15) is 24.1 Å². The number of hydrogen-bond donors (Lipinski definition) is 1. The van der Waals surface area contributed by atoms with Gasteiger partial charge in [-0.1, -0.05) is 48.5 Å². The number of nitrogens with one attached hydrogen (secondary N) is 1. The molecule has 1 N–H and O–H groups in total. The largest absolute Gasteiger partial charge is 0.335 e. The average molecular weight is 333 g/mol. The van der Waals surface area contributed by atoms with Gasteiger partial charge in [-0.25, -0.2) is 5.10 Å². The van der Waals surface area contributed by atoms with Gasteiger partial charge in [0.15, 0.2) is 0 Å². The van der Waals surface area contributed by atoms with Gasteiger partial charge in [0.05, 0.1) is 17.5 Å². The molecular weight excluding hydrogens is 314 g/mol. The molecule has 1 aromatic heterocycles. The van der Waals surface area contributed by atoms with Gasteiger partial charge in [0, 0.05) is 18.0 Å². The summed E-state index contributed by atoms with van der Waals surface area (Å²) >= 11 is 0. The summed E-state index contributed by atoms with van der Waals surface area (Å²) in [7, 11) is 0. The summed E-state index contributed by atoms with van der Waals surface area (Å²) in [6.07, 6.45) is 2.30. The van der Waals surface area contributed by atoms with E-state index in [4.69, 9.17) is 0 Å². The number of benzene rings is 2. The zero-order valence-corrected chi connectivity index (χ0v) is 13.8. The van der Waals surface area contributed by atoms with Gasteiger partial charge in [-0.2, -0.15) is 5.10 Å². The average Bonchev–Trinajstić information content (AvgIpc) is 3.48. The number of nitrogens with zero attached hydrogens (tertiary/aromatic N) is 2. The number of H-pyrrole nitrogens is 1. The van der Waals surface area contributed by atoms with Crippen molar-refractivity contribution in [3.8, 4) is 0 Å². The second kappa shape index (κ2) is 6.51. The van der Waals surface area contributed by atoms with Crippen LogP contribution >= 0.6 is 0 Å². The Labute approximate surface area is 145 Å². The maximum Gasteiger partial charge on any atom is 0.272 e. The molecular formula is C20H19N3O2. The van der Waals surface area contributed by atoms with Crippen LogP contribution in [0.3, 0.4) is 0 Å². The quantitative estimate of drug-likeness (QED) is 0.780. The van der Waals surface area contributed by atoms with E-state index in [1.54, 1.807) is 6.07 Å². The first kappa shape index (κ1) is 15.6. The predicted molar refractivity (Wildman–Crippen MR) is 96.1 cm³/mol. The molecule has 0 aliphatic heterocycles. The number of amides is 1. The van der Waals surface area contributed by atoms with Crippen LogP contribution in [0.15, 0.2) is 59.4 Å². The Bertz CT molecular complexity index is 961. The number of aromatic nitrogens is 2. The molecule has 2 aromatic carbocycles. The minimum atomic E-state index is -0.227. The Kier molecular flexibility index (Phi) is 4.06. The number of hydrogen-bond acceptors (Lipinski definition) is 3. The van der Waals surface area contributed by atoms with Gasteiger partial charge in [-0.15, -0.1) is 0 Å². The molecule has 1 amide bonds. The van der Waals surface area contributed by atoms with Crippen molar-refractivity contribution in [1.82, 2.24) is 15.1 Å². The van der Waals surface area contributed by atoms with Crippen molar-refractivity contribution in [2.75, 3.05) is 0 Å². The Morgan fingerprint density at radius 3 is 2.44 bits per heavy atom. The molecule has 5 nitrogen and oxygen atoms in total. The second-order valence-electron chi connectivity index (χ2n) is 6.46. The standard InChI is InChI=1S/C20H19N3O2/c24-19(23(15-10-11-15)13-14-6-2-1-3-7-14)12-18-16-8-4-5-9-17(16)20(25)22-21-18/h1-9,15H,10-13H2,(H,22,25). The van der Waals surface area contributed by atoms with E-state index >= 15 is 0 Å². The first-order chi connectivity index (χ1) is 12.2. The molecule has 1 saturated carbocycles. The molecule has 4 rings (SSSR count). The molecule has 126 valence electrons. The third-order valence-corrected chi connectivity index (χ3v) is 4.60. The fourth-order valence-corrected chi connectivity index (χ4v) is 3.14.